The number of fused-ring (bicyclic) bond motifs is 3. The molecule has 28 heavy (non-hydrogen) atoms. The minimum atomic E-state index is 0.675. The first-order valence-corrected chi connectivity index (χ1v) is 9.10. The van der Waals surface area contributed by atoms with Gasteiger partial charge in [0.1, 0.15) is 22.6 Å². The topological polar surface area (TPSA) is 52.1 Å². The zero-order chi connectivity index (χ0) is 18.5. The van der Waals surface area contributed by atoms with Gasteiger partial charge in [0.25, 0.3) is 0 Å². The van der Waals surface area contributed by atoms with Crippen LogP contribution in [0.1, 0.15) is 0 Å². The summed E-state index contributed by atoms with van der Waals surface area (Å²) in [5, 5.41) is 2.06. The quantitative estimate of drug-likeness (QED) is 0.355. The highest BCUT2D eigenvalue weighted by Gasteiger charge is 2.19. The van der Waals surface area contributed by atoms with Gasteiger partial charge in [-0.05, 0) is 36.4 Å². The van der Waals surface area contributed by atoms with Crippen molar-refractivity contribution in [2.45, 2.75) is 0 Å². The Labute approximate surface area is 160 Å². The number of benzene rings is 3. The molecule has 0 spiro atoms. The van der Waals surface area contributed by atoms with Crippen LogP contribution in [0.4, 0.5) is 0 Å². The molecule has 0 unspecified atom stereocenters. The molecule has 0 bridgehead atoms. The van der Waals surface area contributed by atoms with E-state index in [1.807, 2.05) is 84.9 Å². The van der Waals surface area contributed by atoms with Crippen LogP contribution in [-0.2, 0) is 0 Å². The molecule has 0 N–H and O–H groups in total. The van der Waals surface area contributed by atoms with Crippen LogP contribution in [0.2, 0.25) is 0 Å². The highest BCUT2D eigenvalue weighted by atomic mass is 16.3. The maximum absolute atomic E-state index is 6.10. The Balaban J connectivity index is 1.67. The molecule has 0 radical (unpaired) electrons. The second kappa shape index (κ2) is 5.79. The fraction of sp³-hybridized carbons (Fsp3) is 0. The van der Waals surface area contributed by atoms with Crippen molar-refractivity contribution >= 4 is 33.0 Å². The largest absolute Gasteiger partial charge is 0.454 e. The van der Waals surface area contributed by atoms with Crippen LogP contribution in [0.5, 0.6) is 0 Å². The SMILES string of the molecule is c1ccc2oc(-c3nc4ccccc4nc3-c3cc4ccccc4o3)cc2c1. The summed E-state index contributed by atoms with van der Waals surface area (Å²) < 4.78 is 12.2. The van der Waals surface area contributed by atoms with Gasteiger partial charge in [-0.15, -0.1) is 0 Å². The van der Waals surface area contributed by atoms with E-state index in [0.717, 1.165) is 33.0 Å². The number of aromatic nitrogens is 2. The second-order valence-electron chi connectivity index (χ2n) is 6.71. The fourth-order valence-corrected chi connectivity index (χ4v) is 3.54. The molecule has 4 heteroatoms. The van der Waals surface area contributed by atoms with Gasteiger partial charge in [-0.1, -0.05) is 48.5 Å². The summed E-state index contributed by atoms with van der Waals surface area (Å²) in [6.45, 7) is 0. The van der Waals surface area contributed by atoms with Gasteiger partial charge in [-0.25, -0.2) is 9.97 Å². The molecule has 4 nitrogen and oxygen atoms in total. The molecule has 0 aliphatic carbocycles. The van der Waals surface area contributed by atoms with Crippen LogP contribution in [-0.4, -0.2) is 9.97 Å². The highest BCUT2D eigenvalue weighted by molar-refractivity contribution is 5.90. The monoisotopic (exact) mass is 362 g/mol. The lowest BCUT2D eigenvalue weighted by atomic mass is 10.1. The van der Waals surface area contributed by atoms with Gasteiger partial charge >= 0.3 is 0 Å². The molecule has 0 fully saturated rings. The summed E-state index contributed by atoms with van der Waals surface area (Å²) in [5.74, 6) is 1.35. The number of nitrogens with zero attached hydrogens (tertiary/aromatic N) is 2. The first-order valence-electron chi connectivity index (χ1n) is 9.10. The predicted molar refractivity (Wildman–Crippen MR) is 110 cm³/mol. The van der Waals surface area contributed by atoms with E-state index in [9.17, 15) is 0 Å². The summed E-state index contributed by atoms with van der Waals surface area (Å²) >= 11 is 0. The Morgan fingerprint density at radius 2 is 0.929 bits per heavy atom. The molecule has 3 aromatic heterocycles. The van der Waals surface area contributed by atoms with Gasteiger partial charge in [0.2, 0.25) is 0 Å². The third-order valence-electron chi connectivity index (χ3n) is 4.89. The Morgan fingerprint density at radius 1 is 0.500 bits per heavy atom. The first kappa shape index (κ1) is 15.2. The predicted octanol–water partition coefficient (Wildman–Crippen LogP) is 6.46. The molecule has 0 saturated heterocycles. The smallest absolute Gasteiger partial charge is 0.156 e. The van der Waals surface area contributed by atoms with E-state index in [1.165, 1.54) is 0 Å². The van der Waals surface area contributed by atoms with Crippen LogP contribution >= 0.6 is 0 Å². The van der Waals surface area contributed by atoms with Gasteiger partial charge in [-0.3, -0.25) is 0 Å². The van der Waals surface area contributed by atoms with Crippen molar-refractivity contribution in [1.82, 2.24) is 9.97 Å². The zero-order valence-electron chi connectivity index (χ0n) is 14.8. The van der Waals surface area contributed by atoms with Gasteiger partial charge in [-0.2, -0.15) is 0 Å². The molecule has 3 heterocycles. The fourth-order valence-electron chi connectivity index (χ4n) is 3.54. The summed E-state index contributed by atoms with van der Waals surface area (Å²) in [6, 6.07) is 27.7. The van der Waals surface area contributed by atoms with Crippen molar-refractivity contribution < 1.29 is 8.83 Å². The molecular weight excluding hydrogens is 348 g/mol. The Bertz CT molecular complexity index is 1300. The molecule has 0 aliphatic heterocycles. The van der Waals surface area contributed by atoms with Gasteiger partial charge in [0.15, 0.2) is 11.5 Å². The number of para-hydroxylation sites is 4. The minimum Gasteiger partial charge on any atom is -0.454 e. The highest BCUT2D eigenvalue weighted by Crippen LogP contribution is 2.36. The van der Waals surface area contributed by atoms with Crippen molar-refractivity contribution in [1.29, 1.82) is 0 Å². The summed E-state index contributed by atoms with van der Waals surface area (Å²) in [7, 11) is 0. The molecule has 3 aromatic carbocycles. The van der Waals surface area contributed by atoms with Crippen LogP contribution in [0.15, 0.2) is 93.8 Å². The normalized spacial score (nSPS) is 11.6. The molecule has 132 valence electrons. The van der Waals surface area contributed by atoms with Crippen LogP contribution < -0.4 is 0 Å². The van der Waals surface area contributed by atoms with Crippen molar-refractivity contribution in [3.63, 3.8) is 0 Å². The summed E-state index contributed by atoms with van der Waals surface area (Å²) in [5.41, 5.74) is 4.63. The van der Waals surface area contributed by atoms with E-state index in [-0.39, 0.29) is 0 Å². The number of furan rings is 2. The summed E-state index contributed by atoms with van der Waals surface area (Å²) in [4.78, 5) is 9.74. The average Bonchev–Trinajstić information content (AvgIpc) is 3.36. The van der Waals surface area contributed by atoms with Crippen molar-refractivity contribution in [3.8, 4) is 22.9 Å². The second-order valence-corrected chi connectivity index (χ2v) is 6.71. The maximum atomic E-state index is 6.10. The van der Waals surface area contributed by atoms with Crippen molar-refractivity contribution in [2.75, 3.05) is 0 Å². The van der Waals surface area contributed by atoms with E-state index in [0.29, 0.717) is 22.9 Å². The standard InChI is InChI=1S/C24H14N2O2/c1-5-11-19-15(7-1)13-21(27-19)23-24(26-18-10-4-3-9-17(18)25-23)22-14-16-8-2-6-12-20(16)28-22/h1-14H. The van der Waals surface area contributed by atoms with Gasteiger partial charge in [0, 0.05) is 10.8 Å². The Morgan fingerprint density at radius 3 is 1.39 bits per heavy atom. The lowest BCUT2D eigenvalue weighted by Gasteiger charge is -2.06. The van der Waals surface area contributed by atoms with Gasteiger partial charge in [0.05, 0.1) is 11.0 Å². The minimum absolute atomic E-state index is 0.675. The van der Waals surface area contributed by atoms with Gasteiger partial charge < -0.3 is 8.83 Å². The van der Waals surface area contributed by atoms with E-state index >= 15 is 0 Å². The van der Waals surface area contributed by atoms with E-state index in [4.69, 9.17) is 18.8 Å². The Hall–Kier alpha value is -3.92. The average molecular weight is 362 g/mol. The first-order chi connectivity index (χ1) is 13.8. The van der Waals surface area contributed by atoms with Crippen molar-refractivity contribution in [3.05, 3.63) is 84.9 Å². The third kappa shape index (κ3) is 2.32. The molecule has 0 amide bonds. The van der Waals surface area contributed by atoms with Crippen LogP contribution in [0.25, 0.3) is 55.9 Å². The zero-order valence-corrected chi connectivity index (χ0v) is 14.8. The molecule has 0 saturated carbocycles. The third-order valence-corrected chi connectivity index (χ3v) is 4.89. The van der Waals surface area contributed by atoms with Crippen LogP contribution in [0, 0.1) is 0 Å². The molecule has 6 aromatic rings. The number of hydrogen-bond acceptors (Lipinski definition) is 4. The molecular formula is C24H14N2O2. The lowest BCUT2D eigenvalue weighted by Crippen LogP contribution is -1.93. The number of hydrogen-bond donors (Lipinski definition) is 0. The number of rotatable bonds is 2. The van der Waals surface area contributed by atoms with Crippen molar-refractivity contribution in [2.24, 2.45) is 0 Å². The van der Waals surface area contributed by atoms with E-state index in [2.05, 4.69) is 0 Å². The Kier molecular flexibility index (Phi) is 3.14. The lowest BCUT2D eigenvalue weighted by molar-refractivity contribution is 0.619. The van der Waals surface area contributed by atoms with E-state index in [1.54, 1.807) is 0 Å². The molecule has 0 atom stereocenters. The summed E-state index contributed by atoms with van der Waals surface area (Å²) in [6.07, 6.45) is 0. The molecule has 0 aliphatic rings. The maximum Gasteiger partial charge on any atom is 0.156 e. The van der Waals surface area contributed by atoms with Crippen LogP contribution in [0.3, 0.4) is 0 Å². The molecule has 6 rings (SSSR count). The van der Waals surface area contributed by atoms with E-state index < -0.39 is 0 Å².